The standard InChI is InChI=1S/C47H79O8P/c1-3-5-7-9-11-13-15-17-19-21-23-25-27-29-31-33-35-37-39-41-46(48)53-43-45(44-54-56(50,51)52)55-47(49)42-40-38-36-34-32-30-28-26-24-22-20-18-16-14-12-10-8-6-4-2/h6,8,11-14,17-20,24,26,30,32,45H,3-5,7,9-10,15-16,21-23,25,27-29,31,33-44H2,1-2H3,(H2,50,51,52)/b8-6-,13-11-,14-12-,19-17-,20-18-,26-24-,32-30-. The number of esters is 2. The maximum absolute atomic E-state index is 12.4. The zero-order chi connectivity index (χ0) is 41.1. The number of carbonyl (C=O) groups is 2. The summed E-state index contributed by atoms with van der Waals surface area (Å²) in [5.41, 5.74) is 0. The van der Waals surface area contributed by atoms with Crippen LogP contribution in [0.15, 0.2) is 85.1 Å². The van der Waals surface area contributed by atoms with Gasteiger partial charge in [-0.05, 0) is 89.9 Å². The van der Waals surface area contributed by atoms with Gasteiger partial charge in [0, 0.05) is 12.8 Å². The number of phosphoric ester groups is 1. The van der Waals surface area contributed by atoms with Crippen molar-refractivity contribution in [2.75, 3.05) is 13.2 Å². The summed E-state index contributed by atoms with van der Waals surface area (Å²) in [7, 11) is -4.77. The van der Waals surface area contributed by atoms with E-state index in [1.165, 1.54) is 57.8 Å². The third-order valence-electron chi connectivity index (χ3n) is 8.90. The van der Waals surface area contributed by atoms with E-state index in [-0.39, 0.29) is 19.4 Å². The molecule has 0 aliphatic carbocycles. The molecule has 0 aromatic heterocycles. The smallest absolute Gasteiger partial charge is 0.462 e. The first-order chi connectivity index (χ1) is 27.3. The molecule has 9 heteroatoms. The fraction of sp³-hybridized carbons (Fsp3) is 0.660. The Morgan fingerprint density at radius 1 is 0.482 bits per heavy atom. The Morgan fingerprint density at radius 3 is 1.30 bits per heavy atom. The Labute approximate surface area is 342 Å². The third-order valence-corrected chi connectivity index (χ3v) is 9.38. The van der Waals surface area contributed by atoms with E-state index in [4.69, 9.17) is 19.3 Å². The molecule has 0 aliphatic heterocycles. The highest BCUT2D eigenvalue weighted by Crippen LogP contribution is 2.36. The summed E-state index contributed by atoms with van der Waals surface area (Å²) in [4.78, 5) is 42.9. The minimum atomic E-state index is -4.77. The number of carbonyl (C=O) groups excluding carboxylic acids is 2. The van der Waals surface area contributed by atoms with Crippen LogP contribution in [0.5, 0.6) is 0 Å². The number of phosphoric acid groups is 1. The molecule has 320 valence electrons. The zero-order valence-electron chi connectivity index (χ0n) is 35.3. The number of ether oxygens (including phenoxy) is 2. The second-order valence-electron chi connectivity index (χ2n) is 14.3. The molecule has 8 nitrogen and oxygen atoms in total. The van der Waals surface area contributed by atoms with Crippen molar-refractivity contribution in [3.63, 3.8) is 0 Å². The van der Waals surface area contributed by atoms with Crippen LogP contribution in [-0.2, 0) is 28.2 Å². The first-order valence-electron chi connectivity index (χ1n) is 21.9. The highest BCUT2D eigenvalue weighted by atomic mass is 31.2. The molecule has 1 atom stereocenters. The number of unbranched alkanes of at least 4 members (excludes halogenated alkanes) is 15. The molecule has 1 unspecified atom stereocenters. The molecule has 2 N–H and O–H groups in total. The van der Waals surface area contributed by atoms with Crippen molar-refractivity contribution >= 4 is 19.8 Å². The Bertz CT molecular complexity index is 1180. The molecular weight excluding hydrogens is 723 g/mol. The lowest BCUT2D eigenvalue weighted by Gasteiger charge is -2.18. The first-order valence-corrected chi connectivity index (χ1v) is 23.4. The van der Waals surface area contributed by atoms with Crippen LogP contribution in [0.1, 0.15) is 181 Å². The van der Waals surface area contributed by atoms with Gasteiger partial charge >= 0.3 is 19.8 Å². The Morgan fingerprint density at radius 2 is 0.857 bits per heavy atom. The van der Waals surface area contributed by atoms with E-state index < -0.39 is 32.5 Å². The van der Waals surface area contributed by atoms with E-state index in [1.54, 1.807) is 0 Å². The van der Waals surface area contributed by atoms with Gasteiger partial charge in [0.1, 0.15) is 6.61 Å². The molecule has 0 spiro atoms. The van der Waals surface area contributed by atoms with Gasteiger partial charge in [0.2, 0.25) is 0 Å². The first kappa shape index (κ1) is 53.2. The molecule has 56 heavy (non-hydrogen) atoms. The van der Waals surface area contributed by atoms with E-state index in [1.807, 2.05) is 0 Å². The molecule has 0 heterocycles. The minimum Gasteiger partial charge on any atom is -0.462 e. The highest BCUT2D eigenvalue weighted by Gasteiger charge is 2.22. The topological polar surface area (TPSA) is 119 Å². The van der Waals surface area contributed by atoms with Crippen molar-refractivity contribution in [1.29, 1.82) is 0 Å². The largest absolute Gasteiger partial charge is 0.469 e. The van der Waals surface area contributed by atoms with Crippen LogP contribution in [0.3, 0.4) is 0 Å². The maximum atomic E-state index is 12.4. The molecule has 0 aliphatic rings. The van der Waals surface area contributed by atoms with E-state index in [2.05, 4.69) is 103 Å². The summed E-state index contributed by atoms with van der Waals surface area (Å²) in [5.74, 6) is -0.933. The number of rotatable bonds is 39. The second kappa shape index (κ2) is 41.9. The van der Waals surface area contributed by atoms with Crippen LogP contribution in [0.4, 0.5) is 0 Å². The zero-order valence-corrected chi connectivity index (χ0v) is 36.1. The fourth-order valence-corrected chi connectivity index (χ4v) is 6.02. The van der Waals surface area contributed by atoms with Gasteiger partial charge in [0.25, 0.3) is 0 Å². The molecule has 0 fully saturated rings. The normalized spacial score (nSPS) is 13.3. The lowest BCUT2D eigenvalue weighted by atomic mass is 10.1. The third kappa shape index (κ3) is 44.0. The minimum absolute atomic E-state index is 0.167. The van der Waals surface area contributed by atoms with Gasteiger partial charge in [-0.15, -0.1) is 0 Å². The van der Waals surface area contributed by atoms with Crippen molar-refractivity contribution < 1.29 is 37.9 Å². The average Bonchev–Trinajstić information content (AvgIpc) is 3.17. The van der Waals surface area contributed by atoms with Crippen LogP contribution >= 0.6 is 7.82 Å². The maximum Gasteiger partial charge on any atom is 0.469 e. The van der Waals surface area contributed by atoms with E-state index in [9.17, 15) is 14.2 Å². The monoisotopic (exact) mass is 803 g/mol. The second-order valence-corrected chi connectivity index (χ2v) is 15.5. The van der Waals surface area contributed by atoms with Crippen LogP contribution in [-0.4, -0.2) is 41.0 Å². The van der Waals surface area contributed by atoms with Gasteiger partial charge in [-0.1, -0.05) is 163 Å². The van der Waals surface area contributed by atoms with Crippen molar-refractivity contribution in [3.05, 3.63) is 85.1 Å². The predicted molar refractivity (Wildman–Crippen MR) is 234 cm³/mol. The Hall–Kier alpha value is -2.77. The molecule has 0 rings (SSSR count). The molecule has 0 amide bonds. The lowest BCUT2D eigenvalue weighted by molar-refractivity contribution is -0.161. The van der Waals surface area contributed by atoms with Crippen LogP contribution in [0.2, 0.25) is 0 Å². The highest BCUT2D eigenvalue weighted by molar-refractivity contribution is 7.46. The van der Waals surface area contributed by atoms with Crippen molar-refractivity contribution in [2.24, 2.45) is 0 Å². The average molecular weight is 803 g/mol. The van der Waals surface area contributed by atoms with Crippen molar-refractivity contribution in [3.8, 4) is 0 Å². The van der Waals surface area contributed by atoms with Crippen molar-refractivity contribution in [2.45, 2.75) is 187 Å². The van der Waals surface area contributed by atoms with Crippen LogP contribution in [0, 0.1) is 0 Å². The molecule has 0 bridgehead atoms. The van der Waals surface area contributed by atoms with Gasteiger partial charge in [-0.3, -0.25) is 14.1 Å². The van der Waals surface area contributed by atoms with E-state index in [0.29, 0.717) is 12.8 Å². The predicted octanol–water partition coefficient (Wildman–Crippen LogP) is 13.6. The summed E-state index contributed by atoms with van der Waals surface area (Å²) in [5, 5.41) is 0. The van der Waals surface area contributed by atoms with Crippen molar-refractivity contribution in [1.82, 2.24) is 0 Å². The van der Waals surface area contributed by atoms with E-state index >= 15 is 0 Å². The summed E-state index contributed by atoms with van der Waals surface area (Å²) in [6.07, 6.45) is 55.8. The molecule has 0 radical (unpaired) electrons. The van der Waals surface area contributed by atoms with Gasteiger partial charge in [-0.25, -0.2) is 4.57 Å². The SMILES string of the molecule is CC/C=C\C/C=C\C/C=C\C/C=C\C/C=C\CCCCCC(=O)OC(COC(=O)CCCCCCCCCCC/C=C\C/C=C\CCCCC)COP(=O)(O)O. The van der Waals surface area contributed by atoms with Gasteiger partial charge in [0.15, 0.2) is 6.10 Å². The lowest BCUT2D eigenvalue weighted by Crippen LogP contribution is -2.29. The fourth-order valence-electron chi connectivity index (χ4n) is 5.66. The van der Waals surface area contributed by atoms with Crippen LogP contribution < -0.4 is 0 Å². The number of hydrogen-bond acceptors (Lipinski definition) is 6. The number of hydrogen-bond donors (Lipinski definition) is 2. The molecule has 0 aromatic rings. The van der Waals surface area contributed by atoms with Gasteiger partial charge < -0.3 is 19.3 Å². The summed E-state index contributed by atoms with van der Waals surface area (Å²) in [6.45, 7) is 3.51. The quantitative estimate of drug-likeness (QED) is 0.0273. The Kier molecular flexibility index (Phi) is 39.8. The van der Waals surface area contributed by atoms with Crippen LogP contribution in [0.25, 0.3) is 0 Å². The van der Waals surface area contributed by atoms with E-state index in [0.717, 1.165) is 83.5 Å². The van der Waals surface area contributed by atoms with Gasteiger partial charge in [-0.2, -0.15) is 0 Å². The number of allylic oxidation sites excluding steroid dienone is 14. The molecule has 0 aromatic carbocycles. The van der Waals surface area contributed by atoms with Gasteiger partial charge in [0.05, 0.1) is 6.61 Å². The molecule has 0 saturated heterocycles. The Balaban J connectivity index is 3.99. The summed E-state index contributed by atoms with van der Waals surface area (Å²) >= 11 is 0. The molecular formula is C47H79O8P. The summed E-state index contributed by atoms with van der Waals surface area (Å²) in [6, 6.07) is 0. The summed E-state index contributed by atoms with van der Waals surface area (Å²) < 4.78 is 26.4. The molecule has 0 saturated carbocycles.